The Balaban J connectivity index is 1.87. The van der Waals surface area contributed by atoms with Crippen molar-refractivity contribution < 1.29 is 19.1 Å². The molecule has 0 aliphatic carbocycles. The summed E-state index contributed by atoms with van der Waals surface area (Å²) in [6, 6.07) is 15.7. The third-order valence-electron chi connectivity index (χ3n) is 3.81. The van der Waals surface area contributed by atoms with Crippen LogP contribution in [0, 0.1) is 0 Å². The quantitative estimate of drug-likeness (QED) is 0.522. The molecule has 0 spiro atoms. The van der Waals surface area contributed by atoms with Crippen LogP contribution in [0.4, 0.5) is 5.13 Å². The zero-order chi connectivity index (χ0) is 19.2. The molecular formula is C20H16N2O4S. The summed E-state index contributed by atoms with van der Waals surface area (Å²) in [6.45, 7) is 0. The first-order valence-electron chi connectivity index (χ1n) is 8.09. The van der Waals surface area contributed by atoms with Gasteiger partial charge in [0.05, 0.1) is 19.2 Å². The largest absolute Gasteiger partial charge is 0.469 e. The molecule has 2 aromatic carbocycles. The number of nitrogens with one attached hydrogen (secondary N) is 1. The summed E-state index contributed by atoms with van der Waals surface area (Å²) in [5.74, 6) is -0.719. The molecule has 0 saturated carbocycles. The number of benzene rings is 2. The average molecular weight is 380 g/mol. The number of amides is 1. The molecule has 6 nitrogen and oxygen atoms in total. The SMILES string of the molecule is COC(=O)Cc1sc(NC(=O)c2ccc(C=O)cc2)nc1-c1ccccc1. The maximum absolute atomic E-state index is 12.4. The fourth-order valence-electron chi connectivity index (χ4n) is 2.43. The van der Waals surface area contributed by atoms with Gasteiger partial charge in [-0.2, -0.15) is 0 Å². The Kier molecular flexibility index (Phi) is 5.73. The van der Waals surface area contributed by atoms with E-state index >= 15 is 0 Å². The fraction of sp³-hybridized carbons (Fsp3) is 0.100. The molecule has 0 radical (unpaired) electrons. The number of thiazole rings is 1. The predicted octanol–water partition coefficient (Wildman–Crippen LogP) is 3.59. The maximum Gasteiger partial charge on any atom is 0.310 e. The second kappa shape index (κ2) is 8.37. The monoisotopic (exact) mass is 380 g/mol. The molecule has 0 saturated heterocycles. The predicted molar refractivity (Wildman–Crippen MR) is 103 cm³/mol. The Morgan fingerprint density at radius 3 is 2.44 bits per heavy atom. The zero-order valence-electron chi connectivity index (χ0n) is 14.5. The fourth-order valence-corrected chi connectivity index (χ4v) is 3.40. The summed E-state index contributed by atoms with van der Waals surface area (Å²) in [5.41, 5.74) is 2.39. The van der Waals surface area contributed by atoms with Gasteiger partial charge in [-0.3, -0.25) is 19.7 Å². The molecule has 1 heterocycles. The third kappa shape index (κ3) is 4.45. The van der Waals surface area contributed by atoms with Gasteiger partial charge >= 0.3 is 5.97 Å². The van der Waals surface area contributed by atoms with Gasteiger partial charge in [-0.25, -0.2) is 4.98 Å². The average Bonchev–Trinajstić information content (AvgIpc) is 3.10. The molecule has 0 aliphatic rings. The van der Waals surface area contributed by atoms with E-state index in [0.717, 1.165) is 5.56 Å². The van der Waals surface area contributed by atoms with E-state index in [1.165, 1.54) is 18.4 Å². The highest BCUT2D eigenvalue weighted by atomic mass is 32.1. The number of hydrogen-bond acceptors (Lipinski definition) is 6. The van der Waals surface area contributed by atoms with E-state index in [1.807, 2.05) is 30.3 Å². The molecule has 0 unspecified atom stereocenters. The number of rotatable bonds is 6. The van der Waals surface area contributed by atoms with Gasteiger partial charge < -0.3 is 4.74 Å². The first-order valence-corrected chi connectivity index (χ1v) is 8.91. The van der Waals surface area contributed by atoms with E-state index in [1.54, 1.807) is 24.3 Å². The van der Waals surface area contributed by atoms with Gasteiger partial charge in [0.2, 0.25) is 0 Å². The molecule has 0 atom stereocenters. The first-order chi connectivity index (χ1) is 13.1. The van der Waals surface area contributed by atoms with Crippen molar-refractivity contribution in [3.8, 4) is 11.3 Å². The lowest BCUT2D eigenvalue weighted by Gasteiger charge is -2.01. The number of anilines is 1. The van der Waals surface area contributed by atoms with Gasteiger partial charge in [0, 0.05) is 21.6 Å². The highest BCUT2D eigenvalue weighted by molar-refractivity contribution is 7.16. The number of nitrogens with zero attached hydrogens (tertiary/aromatic N) is 1. The smallest absolute Gasteiger partial charge is 0.310 e. The van der Waals surface area contributed by atoms with Crippen LogP contribution in [-0.4, -0.2) is 30.3 Å². The number of hydrogen-bond donors (Lipinski definition) is 1. The first kappa shape index (κ1) is 18.5. The normalized spacial score (nSPS) is 10.3. The van der Waals surface area contributed by atoms with Crippen molar-refractivity contribution in [1.82, 2.24) is 4.98 Å². The molecule has 27 heavy (non-hydrogen) atoms. The second-order valence-corrected chi connectivity index (χ2v) is 6.69. The van der Waals surface area contributed by atoms with Crippen molar-refractivity contribution in [2.75, 3.05) is 12.4 Å². The minimum absolute atomic E-state index is 0.0717. The molecule has 3 aromatic rings. The Morgan fingerprint density at radius 1 is 1.11 bits per heavy atom. The molecule has 0 fully saturated rings. The standard InChI is InChI=1S/C20H16N2O4S/c1-26-17(24)11-16-18(14-5-3-2-4-6-14)21-20(27-16)22-19(25)15-9-7-13(12-23)8-10-15/h2-10,12H,11H2,1H3,(H,21,22,25). The lowest BCUT2D eigenvalue weighted by atomic mass is 10.1. The topological polar surface area (TPSA) is 85.4 Å². The van der Waals surface area contributed by atoms with Gasteiger partial charge in [0.15, 0.2) is 5.13 Å². The minimum atomic E-state index is -0.377. The Labute approximate surface area is 159 Å². The van der Waals surface area contributed by atoms with Crippen LogP contribution in [0.5, 0.6) is 0 Å². The van der Waals surface area contributed by atoms with Crippen LogP contribution in [0.15, 0.2) is 54.6 Å². The summed E-state index contributed by atoms with van der Waals surface area (Å²) < 4.78 is 4.75. The van der Waals surface area contributed by atoms with Crippen LogP contribution in [0.1, 0.15) is 25.6 Å². The molecule has 1 N–H and O–H groups in total. The maximum atomic E-state index is 12.4. The van der Waals surface area contributed by atoms with Crippen LogP contribution in [0.2, 0.25) is 0 Å². The summed E-state index contributed by atoms with van der Waals surface area (Å²) in [5, 5.41) is 3.13. The molecule has 7 heteroatoms. The number of methoxy groups -OCH3 is 1. The van der Waals surface area contributed by atoms with Crippen molar-refractivity contribution in [2.24, 2.45) is 0 Å². The molecule has 1 amide bonds. The Bertz CT molecular complexity index is 965. The van der Waals surface area contributed by atoms with Gasteiger partial charge in [-0.15, -0.1) is 11.3 Å². The lowest BCUT2D eigenvalue weighted by Crippen LogP contribution is -2.11. The van der Waals surface area contributed by atoms with E-state index in [2.05, 4.69) is 10.3 Å². The van der Waals surface area contributed by atoms with Crippen LogP contribution < -0.4 is 5.32 Å². The molecule has 0 bridgehead atoms. The summed E-state index contributed by atoms with van der Waals surface area (Å²) in [6.07, 6.45) is 0.788. The van der Waals surface area contributed by atoms with Crippen molar-refractivity contribution in [2.45, 2.75) is 6.42 Å². The van der Waals surface area contributed by atoms with Crippen molar-refractivity contribution in [1.29, 1.82) is 0 Å². The van der Waals surface area contributed by atoms with Crippen LogP contribution >= 0.6 is 11.3 Å². The Hall–Kier alpha value is -3.32. The van der Waals surface area contributed by atoms with Crippen LogP contribution in [0.25, 0.3) is 11.3 Å². The van der Waals surface area contributed by atoms with E-state index in [4.69, 9.17) is 4.74 Å². The van der Waals surface area contributed by atoms with Crippen molar-refractivity contribution >= 4 is 34.6 Å². The van der Waals surface area contributed by atoms with Crippen molar-refractivity contribution in [3.05, 3.63) is 70.6 Å². The summed E-state index contributed by atoms with van der Waals surface area (Å²) >= 11 is 1.23. The molecule has 136 valence electrons. The number of carbonyl (C=O) groups is 3. The number of carbonyl (C=O) groups excluding carboxylic acids is 3. The summed E-state index contributed by atoms with van der Waals surface area (Å²) in [7, 11) is 1.33. The third-order valence-corrected chi connectivity index (χ3v) is 4.78. The molecule has 3 rings (SSSR count). The second-order valence-electron chi connectivity index (χ2n) is 5.60. The number of aromatic nitrogens is 1. The van der Waals surface area contributed by atoms with Crippen LogP contribution in [-0.2, 0) is 16.0 Å². The van der Waals surface area contributed by atoms with Crippen molar-refractivity contribution in [3.63, 3.8) is 0 Å². The van der Waals surface area contributed by atoms with E-state index < -0.39 is 0 Å². The minimum Gasteiger partial charge on any atom is -0.469 e. The zero-order valence-corrected chi connectivity index (χ0v) is 15.3. The summed E-state index contributed by atoms with van der Waals surface area (Å²) in [4.78, 5) is 40.1. The van der Waals surface area contributed by atoms with Gasteiger partial charge in [-0.1, -0.05) is 42.5 Å². The van der Waals surface area contributed by atoms with Gasteiger partial charge in [0.25, 0.3) is 5.91 Å². The van der Waals surface area contributed by atoms with Gasteiger partial charge in [0.1, 0.15) is 6.29 Å². The highest BCUT2D eigenvalue weighted by Gasteiger charge is 2.18. The highest BCUT2D eigenvalue weighted by Crippen LogP contribution is 2.32. The van der Waals surface area contributed by atoms with Gasteiger partial charge in [-0.05, 0) is 12.1 Å². The number of esters is 1. The van der Waals surface area contributed by atoms with E-state index in [0.29, 0.717) is 33.1 Å². The van der Waals surface area contributed by atoms with E-state index in [-0.39, 0.29) is 18.3 Å². The number of aldehydes is 1. The molecule has 0 aliphatic heterocycles. The van der Waals surface area contributed by atoms with Crippen LogP contribution in [0.3, 0.4) is 0 Å². The lowest BCUT2D eigenvalue weighted by molar-refractivity contribution is -0.139. The molecule has 1 aromatic heterocycles. The van der Waals surface area contributed by atoms with E-state index in [9.17, 15) is 14.4 Å². The number of ether oxygens (including phenoxy) is 1. The Morgan fingerprint density at radius 2 is 1.81 bits per heavy atom. The molecular weight excluding hydrogens is 364 g/mol.